The first-order valence-corrected chi connectivity index (χ1v) is 6.84. The summed E-state index contributed by atoms with van der Waals surface area (Å²) >= 11 is 0. The first-order valence-electron chi connectivity index (χ1n) is 6.84. The van der Waals surface area contributed by atoms with Crippen LogP contribution < -0.4 is 11.1 Å². The van der Waals surface area contributed by atoms with Crippen molar-refractivity contribution in [3.05, 3.63) is 0 Å². The van der Waals surface area contributed by atoms with Gasteiger partial charge in [-0.15, -0.1) is 24.8 Å². The highest BCUT2D eigenvalue weighted by Gasteiger charge is 2.37. The predicted octanol–water partition coefficient (Wildman–Crippen LogP) is 0.794. The van der Waals surface area contributed by atoms with Crippen LogP contribution in [0, 0.1) is 5.92 Å². The van der Waals surface area contributed by atoms with Crippen LogP contribution in [0.4, 0.5) is 0 Å². The maximum atomic E-state index is 12.2. The number of nitrogens with zero attached hydrogens (tertiary/aromatic N) is 1. The molecule has 0 radical (unpaired) electrons. The summed E-state index contributed by atoms with van der Waals surface area (Å²) in [4.78, 5) is 14.4. The van der Waals surface area contributed by atoms with Gasteiger partial charge in [0.1, 0.15) is 0 Å². The molecule has 3 N–H and O–H groups in total. The van der Waals surface area contributed by atoms with Gasteiger partial charge in [-0.25, -0.2) is 0 Å². The van der Waals surface area contributed by atoms with Gasteiger partial charge < -0.3 is 20.7 Å². The van der Waals surface area contributed by atoms with Crippen LogP contribution in [0.3, 0.4) is 0 Å². The summed E-state index contributed by atoms with van der Waals surface area (Å²) < 4.78 is 5.26. The molecule has 2 fully saturated rings. The van der Waals surface area contributed by atoms with Crippen molar-refractivity contribution in [3.8, 4) is 0 Å². The highest BCUT2D eigenvalue weighted by atomic mass is 35.5. The fourth-order valence-electron chi connectivity index (χ4n) is 2.59. The first-order chi connectivity index (χ1) is 8.53. The Labute approximate surface area is 133 Å². The van der Waals surface area contributed by atoms with E-state index in [2.05, 4.69) is 24.3 Å². The number of nitrogens with two attached hydrogens (primary N) is 1. The normalized spacial score (nSPS) is 22.4. The zero-order chi connectivity index (χ0) is 13.2. The van der Waals surface area contributed by atoms with Gasteiger partial charge in [0.15, 0.2) is 0 Å². The SMILES string of the molecule is CN(C)C(CNC(=O)C1(N)CCOCC1)C1CC1.Cl.Cl. The van der Waals surface area contributed by atoms with Crippen molar-refractivity contribution in [2.24, 2.45) is 11.7 Å². The minimum atomic E-state index is -0.724. The molecule has 1 saturated carbocycles. The average Bonchev–Trinajstić information content (AvgIpc) is 3.14. The number of rotatable bonds is 5. The Balaban J connectivity index is 0.00000180. The molecule has 1 amide bonds. The van der Waals surface area contributed by atoms with E-state index >= 15 is 0 Å². The lowest BCUT2D eigenvalue weighted by Gasteiger charge is -2.33. The topological polar surface area (TPSA) is 67.6 Å². The van der Waals surface area contributed by atoms with E-state index in [0.717, 1.165) is 5.92 Å². The maximum Gasteiger partial charge on any atom is 0.240 e. The molecule has 1 heterocycles. The molecule has 1 aliphatic heterocycles. The largest absolute Gasteiger partial charge is 0.381 e. The lowest BCUT2D eigenvalue weighted by Crippen LogP contribution is -2.58. The summed E-state index contributed by atoms with van der Waals surface area (Å²) in [5.41, 5.74) is 5.43. The van der Waals surface area contributed by atoms with Gasteiger partial charge in [0.2, 0.25) is 5.91 Å². The van der Waals surface area contributed by atoms with Gasteiger partial charge in [-0.2, -0.15) is 0 Å². The summed E-state index contributed by atoms with van der Waals surface area (Å²) in [6.45, 7) is 1.88. The van der Waals surface area contributed by atoms with Crippen molar-refractivity contribution < 1.29 is 9.53 Å². The van der Waals surface area contributed by atoms with Gasteiger partial charge in [-0.05, 0) is 45.7 Å². The second kappa shape index (κ2) is 8.39. The summed E-state index contributed by atoms with van der Waals surface area (Å²) in [6.07, 6.45) is 3.80. The standard InChI is InChI=1S/C13H25N3O2.2ClH/c1-16(2)11(10-3-4-10)9-15-12(17)13(14)5-7-18-8-6-13;;/h10-11H,3-9,14H2,1-2H3,(H,15,17);2*1H. The Hall–Kier alpha value is -0.0700. The van der Waals surface area contributed by atoms with Crippen molar-refractivity contribution in [3.63, 3.8) is 0 Å². The fraction of sp³-hybridized carbons (Fsp3) is 0.923. The lowest BCUT2D eigenvalue weighted by molar-refractivity contribution is -0.130. The van der Waals surface area contributed by atoms with Crippen molar-refractivity contribution in [1.29, 1.82) is 0 Å². The molecular weight excluding hydrogens is 301 g/mol. The number of nitrogens with one attached hydrogen (secondary N) is 1. The van der Waals surface area contributed by atoms with Gasteiger partial charge in [0.25, 0.3) is 0 Å². The van der Waals surface area contributed by atoms with Crippen LogP contribution >= 0.6 is 24.8 Å². The number of hydrogen-bond donors (Lipinski definition) is 2. The van der Waals surface area contributed by atoms with E-state index in [0.29, 0.717) is 38.6 Å². The third kappa shape index (κ3) is 5.04. The zero-order valence-corrected chi connectivity index (χ0v) is 13.9. The third-order valence-electron chi connectivity index (χ3n) is 4.14. The van der Waals surface area contributed by atoms with Crippen LogP contribution in [0.15, 0.2) is 0 Å². The smallest absolute Gasteiger partial charge is 0.240 e. The predicted molar refractivity (Wildman–Crippen MR) is 84.7 cm³/mol. The molecule has 5 nitrogen and oxygen atoms in total. The van der Waals surface area contributed by atoms with E-state index in [1.54, 1.807) is 0 Å². The Bertz CT molecular complexity index is 304. The first kappa shape index (κ1) is 19.9. The molecule has 0 aromatic rings. The summed E-state index contributed by atoms with van der Waals surface area (Å²) in [6, 6.07) is 0.442. The molecule has 7 heteroatoms. The molecule has 0 aromatic heterocycles. The van der Waals surface area contributed by atoms with Crippen molar-refractivity contribution in [2.75, 3.05) is 33.9 Å². The lowest BCUT2D eigenvalue weighted by atomic mass is 9.90. The highest BCUT2D eigenvalue weighted by molar-refractivity contribution is 5.86. The molecule has 0 spiro atoms. The van der Waals surface area contributed by atoms with Crippen molar-refractivity contribution in [2.45, 2.75) is 37.3 Å². The molecular formula is C13H27Cl2N3O2. The minimum Gasteiger partial charge on any atom is -0.381 e. The van der Waals surface area contributed by atoms with Crippen LogP contribution in [0.25, 0.3) is 0 Å². The molecule has 1 atom stereocenters. The second-order valence-corrected chi connectivity index (χ2v) is 5.85. The van der Waals surface area contributed by atoms with Crippen LogP contribution in [0.1, 0.15) is 25.7 Å². The van der Waals surface area contributed by atoms with Gasteiger partial charge in [-0.1, -0.05) is 0 Å². The van der Waals surface area contributed by atoms with Crippen molar-refractivity contribution in [1.82, 2.24) is 10.2 Å². The monoisotopic (exact) mass is 327 g/mol. The molecule has 120 valence electrons. The van der Waals surface area contributed by atoms with Crippen LogP contribution in [-0.4, -0.2) is 56.2 Å². The van der Waals surface area contributed by atoms with Gasteiger partial charge >= 0.3 is 0 Å². The quantitative estimate of drug-likeness (QED) is 0.783. The molecule has 1 saturated heterocycles. The molecule has 2 aliphatic rings. The number of likely N-dealkylation sites (N-methyl/N-ethyl adjacent to an activating group) is 1. The number of hydrogen-bond acceptors (Lipinski definition) is 4. The second-order valence-electron chi connectivity index (χ2n) is 5.85. The van der Waals surface area contributed by atoms with Crippen molar-refractivity contribution >= 4 is 30.7 Å². The molecule has 0 bridgehead atoms. The van der Waals surface area contributed by atoms with E-state index in [-0.39, 0.29) is 30.7 Å². The molecule has 20 heavy (non-hydrogen) atoms. The van der Waals surface area contributed by atoms with Gasteiger partial charge in [-0.3, -0.25) is 4.79 Å². The summed E-state index contributed by atoms with van der Waals surface area (Å²) in [5, 5.41) is 3.03. The fourth-order valence-corrected chi connectivity index (χ4v) is 2.59. The summed E-state index contributed by atoms with van der Waals surface area (Å²) in [5.74, 6) is 0.724. The maximum absolute atomic E-state index is 12.2. The number of halogens is 2. The highest BCUT2D eigenvalue weighted by Crippen LogP contribution is 2.34. The average molecular weight is 328 g/mol. The Morgan fingerprint density at radius 3 is 2.35 bits per heavy atom. The molecule has 2 rings (SSSR count). The van der Waals surface area contributed by atoms with E-state index in [1.165, 1.54) is 12.8 Å². The molecule has 0 aromatic carbocycles. The Kier molecular flexibility index (Phi) is 8.36. The number of ether oxygens (including phenoxy) is 1. The van der Waals surface area contributed by atoms with E-state index < -0.39 is 5.54 Å². The Morgan fingerprint density at radius 2 is 1.90 bits per heavy atom. The van der Waals surface area contributed by atoms with Crippen LogP contribution in [0.2, 0.25) is 0 Å². The van der Waals surface area contributed by atoms with Gasteiger partial charge in [0, 0.05) is 25.8 Å². The molecule has 1 aliphatic carbocycles. The van der Waals surface area contributed by atoms with E-state index in [9.17, 15) is 4.79 Å². The van der Waals surface area contributed by atoms with E-state index in [4.69, 9.17) is 10.5 Å². The number of amides is 1. The van der Waals surface area contributed by atoms with Crippen LogP contribution in [0.5, 0.6) is 0 Å². The minimum absolute atomic E-state index is 0. The van der Waals surface area contributed by atoms with Gasteiger partial charge in [0.05, 0.1) is 5.54 Å². The van der Waals surface area contributed by atoms with E-state index in [1.807, 2.05) is 0 Å². The Morgan fingerprint density at radius 1 is 1.35 bits per heavy atom. The number of carbonyl (C=O) groups is 1. The molecule has 1 unspecified atom stereocenters. The number of carbonyl (C=O) groups excluding carboxylic acids is 1. The zero-order valence-electron chi connectivity index (χ0n) is 12.3. The third-order valence-corrected chi connectivity index (χ3v) is 4.14. The van der Waals surface area contributed by atoms with Crippen LogP contribution in [-0.2, 0) is 9.53 Å². The summed E-state index contributed by atoms with van der Waals surface area (Å²) in [7, 11) is 4.14.